The van der Waals surface area contributed by atoms with Gasteiger partial charge in [-0.1, -0.05) is 0 Å². The third kappa shape index (κ3) is 3.28. The number of Topliss-reactive ketones (excluding diaryl/α,β-unsaturated/α-hetero) is 1. The summed E-state index contributed by atoms with van der Waals surface area (Å²) >= 11 is 1.98. The number of carbonyl (C=O) groups is 1. The number of nitrogens with zero attached hydrogens (tertiary/aromatic N) is 2. The van der Waals surface area contributed by atoms with Crippen LogP contribution in [0.4, 0.5) is 13.2 Å². The molecule has 0 spiro atoms. The number of rotatable bonds is 4. The third-order valence-electron chi connectivity index (χ3n) is 2.23. The number of ketones is 1. The minimum absolute atomic E-state index is 0.0990. The number of carbonyl (C=O) groups excluding carboxylic acids is 1. The summed E-state index contributed by atoms with van der Waals surface area (Å²) in [4.78, 5) is 18.8. The zero-order valence-corrected chi connectivity index (χ0v) is 13.4. The molecule has 0 aliphatic carbocycles. The number of alkyl halides is 3. The molecule has 0 amide bonds. The smallest absolute Gasteiger partial charge is 0.353 e. The van der Waals surface area contributed by atoms with Gasteiger partial charge in [-0.3, -0.25) is 4.79 Å². The topological polar surface area (TPSA) is 86.2 Å². The van der Waals surface area contributed by atoms with E-state index < -0.39 is 27.3 Å². The van der Waals surface area contributed by atoms with Gasteiger partial charge in [-0.15, -0.1) is 22.7 Å². The summed E-state index contributed by atoms with van der Waals surface area (Å²) in [6, 6.07) is 0. The van der Waals surface area contributed by atoms with Gasteiger partial charge in [0.25, 0.3) is 5.88 Å². The zero-order valence-electron chi connectivity index (χ0n) is 11.0. The van der Waals surface area contributed by atoms with Crippen molar-refractivity contribution < 1.29 is 30.6 Å². The fourth-order valence-corrected chi connectivity index (χ4v) is 3.30. The lowest BCUT2D eigenvalue weighted by atomic mass is 10.4. The van der Waals surface area contributed by atoms with E-state index in [2.05, 4.69) is 14.2 Å². The molecule has 6 nitrogen and oxygen atoms in total. The second-order valence-electron chi connectivity index (χ2n) is 3.94. The Hall–Kier alpha value is -1.53. The summed E-state index contributed by atoms with van der Waals surface area (Å²) in [6.07, 6.45) is 0. The number of hydrogen-bond donors (Lipinski definition) is 0. The molecule has 2 aromatic heterocycles. The maximum atomic E-state index is 12.4. The van der Waals surface area contributed by atoms with Crippen LogP contribution in [-0.2, 0) is 10.1 Å². The Labute approximate surface area is 130 Å². The maximum absolute atomic E-state index is 12.4. The molecule has 0 fully saturated rings. The third-order valence-corrected chi connectivity index (χ3v) is 5.10. The highest BCUT2D eigenvalue weighted by atomic mass is 32.2. The monoisotopic (exact) mass is 372 g/mol. The molecule has 22 heavy (non-hydrogen) atoms. The van der Waals surface area contributed by atoms with Gasteiger partial charge in [0.2, 0.25) is 0 Å². The molecule has 2 heterocycles. The Kier molecular flexibility index (Phi) is 4.28. The Morgan fingerprint density at radius 3 is 2.41 bits per heavy atom. The van der Waals surface area contributed by atoms with E-state index >= 15 is 0 Å². The summed E-state index contributed by atoms with van der Waals surface area (Å²) in [5.41, 5.74) is -5.28. The molecular weight excluding hydrogens is 365 g/mol. The van der Waals surface area contributed by atoms with Gasteiger partial charge in [0, 0.05) is 12.3 Å². The summed E-state index contributed by atoms with van der Waals surface area (Å²) in [5, 5.41) is 2.36. The number of aryl methyl sites for hydroxylation is 1. The first-order chi connectivity index (χ1) is 10.0. The molecule has 0 bridgehead atoms. The van der Waals surface area contributed by atoms with Crippen LogP contribution in [0, 0.1) is 6.92 Å². The lowest BCUT2D eigenvalue weighted by Gasteiger charge is -2.07. The first-order valence-corrected chi connectivity index (χ1v) is 8.56. The first-order valence-electron chi connectivity index (χ1n) is 5.46. The van der Waals surface area contributed by atoms with E-state index in [1.807, 2.05) is 0 Å². The van der Waals surface area contributed by atoms with Crippen LogP contribution in [-0.4, -0.2) is 29.7 Å². The summed E-state index contributed by atoms with van der Waals surface area (Å²) in [5.74, 6) is -1.56. The highest BCUT2D eigenvalue weighted by molar-refractivity contribution is 7.88. The molecule has 120 valence electrons. The van der Waals surface area contributed by atoms with E-state index in [0.29, 0.717) is 22.0 Å². The Bertz CT molecular complexity index is 823. The van der Waals surface area contributed by atoms with Crippen LogP contribution in [0.2, 0.25) is 0 Å². The van der Waals surface area contributed by atoms with Crippen molar-refractivity contribution in [1.29, 1.82) is 0 Å². The van der Waals surface area contributed by atoms with E-state index in [0.717, 1.165) is 6.92 Å². The maximum Gasteiger partial charge on any atom is 0.534 e. The normalized spacial score (nSPS) is 12.4. The van der Waals surface area contributed by atoms with Gasteiger partial charge in [0.15, 0.2) is 5.78 Å². The minimum Gasteiger partial charge on any atom is -0.353 e. The quantitative estimate of drug-likeness (QED) is 0.466. The van der Waals surface area contributed by atoms with Crippen molar-refractivity contribution in [3.8, 4) is 16.6 Å². The fraction of sp³-hybridized carbons (Fsp3) is 0.300. The summed E-state index contributed by atoms with van der Waals surface area (Å²) in [6.45, 7) is 2.77. The van der Waals surface area contributed by atoms with E-state index in [1.54, 1.807) is 12.3 Å². The average molecular weight is 372 g/mol. The summed E-state index contributed by atoms with van der Waals surface area (Å²) < 4.78 is 63.1. The number of aromatic nitrogens is 2. The average Bonchev–Trinajstić information content (AvgIpc) is 2.93. The van der Waals surface area contributed by atoms with Gasteiger partial charge >= 0.3 is 15.6 Å². The molecular formula is C10H7F3N2O4S3. The lowest BCUT2D eigenvalue weighted by Crippen LogP contribution is -2.28. The van der Waals surface area contributed by atoms with Crippen LogP contribution in [0.3, 0.4) is 0 Å². The molecule has 0 aliphatic heterocycles. The van der Waals surface area contributed by atoms with Crippen molar-refractivity contribution in [3.05, 3.63) is 15.3 Å². The Morgan fingerprint density at radius 1 is 1.32 bits per heavy atom. The molecule has 0 atom stereocenters. The molecule has 0 saturated carbocycles. The van der Waals surface area contributed by atoms with E-state index in [9.17, 15) is 26.4 Å². The second-order valence-corrected chi connectivity index (χ2v) is 7.54. The van der Waals surface area contributed by atoms with Gasteiger partial charge < -0.3 is 4.18 Å². The zero-order chi connectivity index (χ0) is 16.7. The molecule has 0 saturated heterocycles. The van der Waals surface area contributed by atoms with Crippen molar-refractivity contribution in [2.75, 3.05) is 0 Å². The van der Waals surface area contributed by atoms with Crippen molar-refractivity contribution in [1.82, 2.24) is 9.97 Å². The van der Waals surface area contributed by atoms with Crippen molar-refractivity contribution in [2.45, 2.75) is 19.4 Å². The van der Waals surface area contributed by atoms with Gasteiger partial charge in [0.1, 0.15) is 15.6 Å². The largest absolute Gasteiger partial charge is 0.534 e. The highest BCUT2D eigenvalue weighted by Gasteiger charge is 2.49. The Balaban J connectivity index is 2.48. The Morgan fingerprint density at radius 2 is 1.95 bits per heavy atom. The van der Waals surface area contributed by atoms with E-state index in [-0.39, 0.29) is 9.88 Å². The van der Waals surface area contributed by atoms with Crippen molar-refractivity contribution >= 4 is 38.6 Å². The van der Waals surface area contributed by atoms with Crippen LogP contribution in [0.15, 0.2) is 5.38 Å². The molecule has 0 aliphatic rings. The molecule has 2 aromatic rings. The van der Waals surface area contributed by atoms with Gasteiger partial charge in [-0.25, -0.2) is 4.98 Å². The fourth-order valence-electron chi connectivity index (χ4n) is 1.31. The molecule has 0 unspecified atom stereocenters. The number of thiazole rings is 2. The van der Waals surface area contributed by atoms with E-state index in [1.165, 1.54) is 11.3 Å². The predicted octanol–water partition coefficient (Wildman–Crippen LogP) is 3.01. The molecule has 0 radical (unpaired) electrons. The van der Waals surface area contributed by atoms with Gasteiger partial charge in [-0.05, 0) is 6.92 Å². The highest BCUT2D eigenvalue weighted by Crippen LogP contribution is 2.36. The van der Waals surface area contributed by atoms with Gasteiger partial charge in [-0.2, -0.15) is 26.6 Å². The second kappa shape index (κ2) is 5.59. The van der Waals surface area contributed by atoms with Crippen LogP contribution >= 0.6 is 22.7 Å². The molecule has 2 rings (SSSR count). The van der Waals surface area contributed by atoms with Crippen molar-refractivity contribution in [2.24, 2.45) is 0 Å². The predicted molar refractivity (Wildman–Crippen MR) is 73.6 cm³/mol. The SMILES string of the molecule is CC(=O)c1sc(-c2csc(C)n2)nc1OS(=O)(=O)C(F)(F)F. The van der Waals surface area contributed by atoms with Gasteiger partial charge in [0.05, 0.1) is 5.01 Å². The standard InChI is InChI=1S/C10H7F3N2O4S3/c1-4(16)7-8(19-22(17,18)10(11,12)13)15-9(21-7)6-3-20-5(2)14-6/h3H,1-2H3. The van der Waals surface area contributed by atoms with Crippen LogP contribution < -0.4 is 4.18 Å². The number of halogens is 3. The molecule has 12 heteroatoms. The minimum atomic E-state index is -5.90. The van der Waals surface area contributed by atoms with Crippen molar-refractivity contribution in [3.63, 3.8) is 0 Å². The van der Waals surface area contributed by atoms with E-state index in [4.69, 9.17) is 0 Å². The molecule has 0 aromatic carbocycles. The number of hydrogen-bond acceptors (Lipinski definition) is 8. The lowest BCUT2D eigenvalue weighted by molar-refractivity contribution is -0.0501. The molecule has 0 N–H and O–H groups in total. The van der Waals surface area contributed by atoms with Crippen LogP contribution in [0.25, 0.3) is 10.7 Å². The van der Waals surface area contributed by atoms with Crippen LogP contribution in [0.1, 0.15) is 21.6 Å². The van der Waals surface area contributed by atoms with Crippen LogP contribution in [0.5, 0.6) is 5.88 Å². The first kappa shape index (κ1) is 16.8. The summed E-state index contributed by atoms with van der Waals surface area (Å²) in [7, 11) is -5.90.